The van der Waals surface area contributed by atoms with Crippen molar-refractivity contribution in [1.29, 1.82) is 0 Å². The highest BCUT2D eigenvalue weighted by molar-refractivity contribution is 5.69. The van der Waals surface area contributed by atoms with Gasteiger partial charge in [-0.25, -0.2) is 0 Å². The van der Waals surface area contributed by atoms with Gasteiger partial charge in [-0.05, 0) is 49.5 Å². The van der Waals surface area contributed by atoms with Gasteiger partial charge in [-0.15, -0.1) is 0 Å². The van der Waals surface area contributed by atoms with Crippen LogP contribution in [0.15, 0.2) is 23.8 Å². The fraction of sp³-hybridized carbons (Fsp3) is 0.737. The largest absolute Gasteiger partial charge is 0.469 e. The Labute approximate surface area is 144 Å². The molecule has 0 heterocycles. The molecule has 0 bridgehead atoms. The van der Waals surface area contributed by atoms with Crippen molar-refractivity contribution in [2.24, 2.45) is 17.8 Å². The van der Waals surface area contributed by atoms with Gasteiger partial charge in [0.15, 0.2) is 0 Å². The summed E-state index contributed by atoms with van der Waals surface area (Å²) in [4.78, 5) is 11.1. The zero-order chi connectivity index (χ0) is 17.7. The number of aliphatic hydroxyl groups is 3. The molecule has 2 aliphatic rings. The van der Waals surface area contributed by atoms with Gasteiger partial charge >= 0.3 is 5.97 Å². The molecule has 0 fully saturated rings. The summed E-state index contributed by atoms with van der Waals surface area (Å²) in [5, 5.41) is 30.4. The van der Waals surface area contributed by atoms with Gasteiger partial charge in [0.05, 0.1) is 31.8 Å². The summed E-state index contributed by atoms with van der Waals surface area (Å²) in [5.74, 6) is 0.322. The standard InChI is InChI=1S/C19H30O5/c1-12-6-7-13-4-3-5-17(22)19(13)16(12)9-8-14(20)10-15(21)11-18(23)24-2/h4,6-7,12,14-17,19-22H,3,5,8-11H2,1-2H3/t12-,14+,15+,16-,17-,19-/m0/s1. The third kappa shape index (κ3) is 4.91. The molecule has 0 saturated carbocycles. The van der Waals surface area contributed by atoms with Crippen LogP contribution in [0.1, 0.15) is 45.4 Å². The van der Waals surface area contributed by atoms with Crippen LogP contribution in [-0.2, 0) is 9.53 Å². The third-order valence-corrected chi connectivity index (χ3v) is 5.38. The van der Waals surface area contributed by atoms with Crippen LogP contribution >= 0.6 is 0 Å². The van der Waals surface area contributed by atoms with Crippen molar-refractivity contribution < 1.29 is 24.9 Å². The number of aliphatic hydroxyl groups excluding tert-OH is 3. The quantitative estimate of drug-likeness (QED) is 0.618. The average molecular weight is 338 g/mol. The molecule has 0 aromatic heterocycles. The first-order valence-corrected chi connectivity index (χ1v) is 8.91. The molecule has 0 radical (unpaired) electrons. The number of fused-ring (bicyclic) bond motifs is 1. The van der Waals surface area contributed by atoms with Crippen LogP contribution < -0.4 is 0 Å². The van der Waals surface area contributed by atoms with Crippen molar-refractivity contribution in [1.82, 2.24) is 0 Å². The van der Waals surface area contributed by atoms with E-state index >= 15 is 0 Å². The van der Waals surface area contributed by atoms with Crippen molar-refractivity contribution in [2.75, 3.05) is 7.11 Å². The average Bonchev–Trinajstić information content (AvgIpc) is 2.54. The molecule has 6 atom stereocenters. The Morgan fingerprint density at radius 1 is 1.38 bits per heavy atom. The van der Waals surface area contributed by atoms with Crippen molar-refractivity contribution >= 4 is 5.97 Å². The van der Waals surface area contributed by atoms with Gasteiger partial charge in [-0.2, -0.15) is 0 Å². The molecular weight excluding hydrogens is 308 g/mol. The molecule has 0 unspecified atom stereocenters. The Bertz CT molecular complexity index is 484. The number of hydrogen-bond acceptors (Lipinski definition) is 5. The van der Waals surface area contributed by atoms with Crippen LogP contribution in [0.3, 0.4) is 0 Å². The van der Waals surface area contributed by atoms with Crippen LogP contribution in [0.4, 0.5) is 0 Å². The molecule has 3 N–H and O–H groups in total. The van der Waals surface area contributed by atoms with Crippen molar-refractivity contribution in [3.63, 3.8) is 0 Å². The van der Waals surface area contributed by atoms with E-state index in [9.17, 15) is 20.1 Å². The van der Waals surface area contributed by atoms with E-state index in [-0.39, 0.29) is 24.9 Å². The van der Waals surface area contributed by atoms with E-state index in [0.29, 0.717) is 18.3 Å². The number of hydrogen-bond donors (Lipinski definition) is 3. The predicted octanol–water partition coefficient (Wildman–Crippen LogP) is 1.96. The van der Waals surface area contributed by atoms with E-state index in [4.69, 9.17) is 0 Å². The number of ether oxygens (including phenoxy) is 1. The number of rotatable bonds is 7. The maximum Gasteiger partial charge on any atom is 0.308 e. The maximum absolute atomic E-state index is 11.1. The smallest absolute Gasteiger partial charge is 0.308 e. The Hall–Kier alpha value is -1.17. The molecule has 5 nitrogen and oxygen atoms in total. The number of carbonyl (C=O) groups excluding carboxylic acids is 1. The lowest BCUT2D eigenvalue weighted by atomic mass is 9.66. The number of esters is 1. The van der Waals surface area contributed by atoms with Crippen LogP contribution in [0.2, 0.25) is 0 Å². The predicted molar refractivity (Wildman–Crippen MR) is 91.1 cm³/mol. The van der Waals surface area contributed by atoms with Gasteiger partial charge in [-0.3, -0.25) is 4.79 Å². The minimum atomic E-state index is -0.883. The molecular formula is C19H30O5. The summed E-state index contributed by atoms with van der Waals surface area (Å²) in [7, 11) is 1.28. The first-order valence-electron chi connectivity index (χ1n) is 8.91. The number of methoxy groups -OCH3 is 1. The van der Waals surface area contributed by atoms with Crippen LogP contribution in [0.5, 0.6) is 0 Å². The van der Waals surface area contributed by atoms with E-state index in [1.807, 2.05) is 0 Å². The van der Waals surface area contributed by atoms with Crippen LogP contribution in [-0.4, -0.2) is 46.7 Å². The fourth-order valence-corrected chi connectivity index (χ4v) is 4.02. The Balaban J connectivity index is 1.88. The number of allylic oxidation sites excluding steroid dienone is 3. The van der Waals surface area contributed by atoms with Gasteiger partial charge in [0, 0.05) is 5.92 Å². The molecule has 0 aromatic carbocycles. The Morgan fingerprint density at radius 2 is 2.12 bits per heavy atom. The van der Waals surface area contributed by atoms with Crippen molar-refractivity contribution in [2.45, 2.75) is 63.8 Å². The molecule has 5 heteroatoms. The summed E-state index contributed by atoms with van der Waals surface area (Å²) < 4.78 is 4.52. The minimum Gasteiger partial charge on any atom is -0.469 e. The van der Waals surface area contributed by atoms with Gasteiger partial charge in [0.1, 0.15) is 0 Å². The van der Waals surface area contributed by atoms with Gasteiger partial charge < -0.3 is 20.1 Å². The van der Waals surface area contributed by atoms with E-state index in [2.05, 4.69) is 29.9 Å². The highest BCUT2D eigenvalue weighted by Gasteiger charge is 2.37. The van der Waals surface area contributed by atoms with Gasteiger partial charge in [-0.1, -0.05) is 25.2 Å². The molecule has 0 aromatic rings. The zero-order valence-corrected chi connectivity index (χ0v) is 14.6. The van der Waals surface area contributed by atoms with Gasteiger partial charge in [0.25, 0.3) is 0 Å². The van der Waals surface area contributed by atoms with Gasteiger partial charge in [0.2, 0.25) is 0 Å². The monoisotopic (exact) mass is 338 g/mol. The highest BCUT2D eigenvalue weighted by Crippen LogP contribution is 2.42. The molecule has 2 aliphatic carbocycles. The van der Waals surface area contributed by atoms with E-state index < -0.39 is 18.2 Å². The van der Waals surface area contributed by atoms with Crippen molar-refractivity contribution in [3.05, 3.63) is 23.8 Å². The second-order valence-corrected chi connectivity index (χ2v) is 7.16. The molecule has 0 aliphatic heterocycles. The zero-order valence-electron chi connectivity index (χ0n) is 14.6. The number of carbonyl (C=O) groups is 1. The SMILES string of the molecule is COC(=O)C[C@H](O)C[C@H](O)CC[C@@H]1[C@@H]2C(=CCC[C@@H]2O)C=C[C@@H]1C. The maximum atomic E-state index is 11.1. The summed E-state index contributed by atoms with van der Waals surface area (Å²) in [6, 6.07) is 0. The van der Waals surface area contributed by atoms with E-state index in [1.165, 1.54) is 12.7 Å². The first kappa shape index (κ1) is 19.2. The molecule has 24 heavy (non-hydrogen) atoms. The normalized spacial score (nSPS) is 31.8. The summed E-state index contributed by atoms with van der Waals surface area (Å²) in [6.45, 7) is 2.15. The molecule has 136 valence electrons. The first-order chi connectivity index (χ1) is 11.4. The fourth-order valence-electron chi connectivity index (χ4n) is 4.02. The summed E-state index contributed by atoms with van der Waals surface area (Å²) in [6.07, 6.45) is 7.80. The summed E-state index contributed by atoms with van der Waals surface area (Å²) >= 11 is 0. The van der Waals surface area contributed by atoms with Crippen LogP contribution in [0.25, 0.3) is 0 Å². The Kier molecular flexibility index (Phi) is 7.02. The lowest BCUT2D eigenvalue weighted by molar-refractivity contribution is -0.143. The van der Waals surface area contributed by atoms with Crippen molar-refractivity contribution in [3.8, 4) is 0 Å². The van der Waals surface area contributed by atoms with E-state index in [1.54, 1.807) is 0 Å². The lowest BCUT2D eigenvalue weighted by Gasteiger charge is -2.40. The molecule has 0 amide bonds. The minimum absolute atomic E-state index is 0.0929. The van der Waals surface area contributed by atoms with Crippen LogP contribution in [0, 0.1) is 17.8 Å². The topological polar surface area (TPSA) is 87.0 Å². The molecule has 2 rings (SSSR count). The third-order valence-electron chi connectivity index (χ3n) is 5.38. The Morgan fingerprint density at radius 3 is 2.83 bits per heavy atom. The highest BCUT2D eigenvalue weighted by atomic mass is 16.5. The second-order valence-electron chi connectivity index (χ2n) is 7.16. The lowest BCUT2D eigenvalue weighted by Crippen LogP contribution is -2.37. The van der Waals surface area contributed by atoms with E-state index in [0.717, 1.165) is 19.3 Å². The summed E-state index contributed by atoms with van der Waals surface area (Å²) in [5.41, 5.74) is 1.22. The molecule has 0 saturated heterocycles. The second kappa shape index (κ2) is 8.79. The molecule has 0 spiro atoms.